The van der Waals surface area contributed by atoms with Crippen LogP contribution < -0.4 is 9.64 Å². The molecule has 2 fully saturated rings. The molecule has 0 bridgehead atoms. The van der Waals surface area contributed by atoms with Gasteiger partial charge in [0.05, 0.1) is 23.7 Å². The summed E-state index contributed by atoms with van der Waals surface area (Å²) in [6.07, 6.45) is -3.80. The van der Waals surface area contributed by atoms with Crippen LogP contribution in [0.2, 0.25) is 5.02 Å². The number of carbonyl (C=O) groups is 1. The Morgan fingerprint density at radius 1 is 1.18 bits per heavy atom. The Labute approximate surface area is 194 Å². The maximum Gasteiger partial charge on any atom is 0.417 e. The summed E-state index contributed by atoms with van der Waals surface area (Å²) < 4.78 is 43.7. The topological polar surface area (TPSA) is 58.1 Å². The molecule has 0 aliphatic carbocycles. The lowest BCUT2D eigenvalue weighted by atomic mass is 10.0. The maximum atomic E-state index is 13.1. The van der Waals surface area contributed by atoms with Gasteiger partial charge in [-0.05, 0) is 23.8 Å². The number of amides is 1. The molecular formula is C22H24ClF3N4O3. The Balaban J connectivity index is 1.36. The Morgan fingerprint density at radius 3 is 2.42 bits per heavy atom. The lowest BCUT2D eigenvalue weighted by molar-refractivity contribution is -0.171. The zero-order chi connectivity index (χ0) is 23.8. The molecule has 0 radical (unpaired) electrons. The molecule has 0 N–H and O–H groups in total. The van der Waals surface area contributed by atoms with Crippen molar-refractivity contribution in [3.8, 4) is 5.75 Å². The number of hydrogen-bond donors (Lipinski definition) is 0. The van der Waals surface area contributed by atoms with E-state index >= 15 is 0 Å². The van der Waals surface area contributed by atoms with Crippen LogP contribution in [0, 0.1) is 0 Å². The van der Waals surface area contributed by atoms with E-state index in [4.69, 9.17) is 21.2 Å². The molecule has 2 aliphatic heterocycles. The van der Waals surface area contributed by atoms with Gasteiger partial charge in [0.25, 0.3) is 5.91 Å². The molecule has 0 spiro atoms. The Hall–Kier alpha value is -2.56. The normalized spacial score (nSPS) is 22.0. The average molecular weight is 485 g/mol. The van der Waals surface area contributed by atoms with E-state index in [1.807, 2.05) is 24.3 Å². The summed E-state index contributed by atoms with van der Waals surface area (Å²) in [6.45, 7) is 1.62. The molecule has 7 nitrogen and oxygen atoms in total. The number of hydroxylamine groups is 2. The summed E-state index contributed by atoms with van der Waals surface area (Å²) in [5.41, 5.74) is 0.139. The van der Waals surface area contributed by atoms with Gasteiger partial charge in [0.1, 0.15) is 11.6 Å². The van der Waals surface area contributed by atoms with E-state index < -0.39 is 17.8 Å². The fraction of sp³-hybridized carbons (Fsp3) is 0.455. The molecule has 33 heavy (non-hydrogen) atoms. The molecule has 1 amide bonds. The van der Waals surface area contributed by atoms with E-state index in [1.165, 1.54) is 0 Å². The van der Waals surface area contributed by atoms with Crippen LogP contribution in [0.25, 0.3) is 0 Å². The Bertz CT molecular complexity index is 997. The Kier molecular flexibility index (Phi) is 6.69. The van der Waals surface area contributed by atoms with Gasteiger partial charge in [-0.3, -0.25) is 9.63 Å². The molecule has 11 heteroatoms. The van der Waals surface area contributed by atoms with Crippen LogP contribution in [0.5, 0.6) is 5.75 Å². The number of halogens is 4. The first-order valence-electron chi connectivity index (χ1n) is 10.5. The number of pyridine rings is 1. The first-order chi connectivity index (χ1) is 15.7. The molecule has 1 aromatic heterocycles. The van der Waals surface area contributed by atoms with E-state index in [0.29, 0.717) is 32.6 Å². The SMILES string of the molecule is COc1ccc([C@H]2C[C@H](C(=O)N3CCN(c4ncc(C(F)(F)F)cc4Cl)CC3)ON2C)cc1. The first-order valence-corrected chi connectivity index (χ1v) is 10.8. The number of methoxy groups -OCH3 is 1. The van der Waals surface area contributed by atoms with Crippen LogP contribution in [0.4, 0.5) is 19.0 Å². The summed E-state index contributed by atoms with van der Waals surface area (Å²) in [5.74, 6) is 0.936. The summed E-state index contributed by atoms with van der Waals surface area (Å²) in [7, 11) is 3.41. The summed E-state index contributed by atoms with van der Waals surface area (Å²) in [5, 5.41) is 1.64. The van der Waals surface area contributed by atoms with Crippen LogP contribution in [-0.2, 0) is 15.8 Å². The van der Waals surface area contributed by atoms with E-state index in [1.54, 1.807) is 29.0 Å². The van der Waals surface area contributed by atoms with Gasteiger partial charge in [-0.25, -0.2) is 4.98 Å². The number of hydrogen-bond acceptors (Lipinski definition) is 6. The first kappa shape index (κ1) is 23.6. The standard InChI is InChI=1S/C22H24ClF3N4O3/c1-28-18(14-3-5-16(32-2)6-4-14)12-19(33-28)21(31)30-9-7-29(8-10-30)20-17(23)11-15(13-27-20)22(24,25)26/h3-6,11,13,18-19H,7-10,12H2,1-2H3/t18-,19-/m1/s1. The van der Waals surface area contributed by atoms with Gasteiger partial charge in [-0.1, -0.05) is 23.7 Å². The van der Waals surface area contributed by atoms with E-state index in [9.17, 15) is 18.0 Å². The zero-order valence-electron chi connectivity index (χ0n) is 18.2. The van der Waals surface area contributed by atoms with Crippen molar-refractivity contribution in [2.45, 2.75) is 24.7 Å². The molecule has 3 heterocycles. The van der Waals surface area contributed by atoms with Crippen LogP contribution in [-0.4, -0.2) is 67.3 Å². The summed E-state index contributed by atoms with van der Waals surface area (Å²) in [4.78, 5) is 26.3. The van der Waals surface area contributed by atoms with Gasteiger partial charge < -0.3 is 14.5 Å². The molecule has 178 valence electrons. The van der Waals surface area contributed by atoms with Crippen molar-refractivity contribution in [3.63, 3.8) is 0 Å². The highest BCUT2D eigenvalue weighted by Gasteiger charge is 2.39. The van der Waals surface area contributed by atoms with E-state index in [0.717, 1.165) is 23.6 Å². The molecule has 2 aromatic rings. The molecule has 1 aromatic carbocycles. The van der Waals surface area contributed by atoms with Crippen LogP contribution >= 0.6 is 11.6 Å². The quantitative estimate of drug-likeness (QED) is 0.658. The molecule has 2 atom stereocenters. The van der Waals surface area contributed by atoms with Crippen molar-refractivity contribution in [1.82, 2.24) is 14.9 Å². The molecular weight excluding hydrogens is 461 g/mol. The second-order valence-electron chi connectivity index (χ2n) is 8.00. The Morgan fingerprint density at radius 2 is 1.85 bits per heavy atom. The number of rotatable bonds is 4. The van der Waals surface area contributed by atoms with Gasteiger partial charge in [0.15, 0.2) is 6.10 Å². The van der Waals surface area contributed by atoms with Gasteiger partial charge >= 0.3 is 6.18 Å². The molecule has 2 aliphatic rings. The minimum Gasteiger partial charge on any atom is -0.497 e. The minimum atomic E-state index is -4.50. The number of carbonyl (C=O) groups excluding carboxylic acids is 1. The minimum absolute atomic E-state index is 0.0544. The van der Waals surface area contributed by atoms with Crippen molar-refractivity contribution in [1.29, 1.82) is 0 Å². The van der Waals surface area contributed by atoms with Crippen LogP contribution in [0.1, 0.15) is 23.6 Å². The second-order valence-corrected chi connectivity index (χ2v) is 8.41. The van der Waals surface area contributed by atoms with E-state index in [2.05, 4.69) is 4.98 Å². The molecule has 2 saturated heterocycles. The summed E-state index contributed by atoms with van der Waals surface area (Å²) >= 11 is 6.06. The molecule has 4 rings (SSSR count). The third-order valence-corrected chi connectivity index (χ3v) is 6.26. The van der Waals surface area contributed by atoms with Gasteiger partial charge in [-0.2, -0.15) is 18.2 Å². The van der Waals surface area contributed by atoms with Gasteiger partial charge in [0.2, 0.25) is 0 Å². The number of nitrogens with zero attached hydrogens (tertiary/aromatic N) is 4. The number of anilines is 1. The van der Waals surface area contributed by atoms with Crippen molar-refractivity contribution < 1.29 is 27.5 Å². The fourth-order valence-electron chi connectivity index (χ4n) is 4.15. The molecule has 0 unspecified atom stereocenters. The van der Waals surface area contributed by atoms with Crippen molar-refractivity contribution in [3.05, 3.63) is 52.7 Å². The monoisotopic (exact) mass is 484 g/mol. The highest BCUT2D eigenvalue weighted by molar-refractivity contribution is 6.33. The average Bonchev–Trinajstić information content (AvgIpc) is 3.19. The van der Waals surface area contributed by atoms with Crippen molar-refractivity contribution >= 4 is 23.3 Å². The van der Waals surface area contributed by atoms with E-state index in [-0.39, 0.29) is 22.8 Å². The number of ether oxygens (including phenoxy) is 1. The largest absolute Gasteiger partial charge is 0.497 e. The van der Waals surface area contributed by atoms with Crippen molar-refractivity contribution in [2.24, 2.45) is 0 Å². The third-order valence-electron chi connectivity index (χ3n) is 5.99. The molecule has 0 saturated carbocycles. The van der Waals surface area contributed by atoms with Gasteiger partial charge in [0, 0.05) is 45.8 Å². The number of aromatic nitrogens is 1. The van der Waals surface area contributed by atoms with Crippen LogP contribution in [0.15, 0.2) is 36.5 Å². The van der Waals surface area contributed by atoms with Gasteiger partial charge in [-0.15, -0.1) is 0 Å². The lowest BCUT2D eigenvalue weighted by Crippen LogP contribution is -2.51. The lowest BCUT2D eigenvalue weighted by Gasteiger charge is -2.36. The predicted octanol–water partition coefficient (Wildman–Crippen LogP) is 3.79. The smallest absolute Gasteiger partial charge is 0.417 e. The maximum absolute atomic E-state index is 13.1. The summed E-state index contributed by atoms with van der Waals surface area (Å²) in [6, 6.07) is 8.48. The van der Waals surface area contributed by atoms with Crippen LogP contribution in [0.3, 0.4) is 0 Å². The fourth-order valence-corrected chi connectivity index (χ4v) is 4.43. The number of benzene rings is 1. The third kappa shape index (κ3) is 5.02. The second kappa shape index (κ2) is 9.36. The van der Waals surface area contributed by atoms with Crippen molar-refractivity contribution in [2.75, 3.05) is 45.2 Å². The zero-order valence-corrected chi connectivity index (χ0v) is 18.9. The predicted molar refractivity (Wildman–Crippen MR) is 116 cm³/mol. The highest BCUT2D eigenvalue weighted by atomic mass is 35.5. The number of alkyl halides is 3. The highest BCUT2D eigenvalue weighted by Crippen LogP contribution is 2.35. The number of piperazine rings is 1.